The predicted molar refractivity (Wildman–Crippen MR) is 78.0 cm³/mol. The van der Waals surface area contributed by atoms with Crippen molar-refractivity contribution in [3.63, 3.8) is 0 Å². The molecule has 0 spiro atoms. The molecule has 0 bridgehead atoms. The van der Waals surface area contributed by atoms with Gasteiger partial charge in [-0.1, -0.05) is 23.1 Å². The Morgan fingerprint density at radius 3 is 2.90 bits per heavy atom. The minimum Gasteiger partial charge on any atom is -0.481 e. The van der Waals surface area contributed by atoms with Gasteiger partial charge in [-0.25, -0.2) is 0 Å². The maximum absolute atomic E-state index is 11.9. The highest BCUT2D eigenvalue weighted by Gasteiger charge is 2.14. The minimum atomic E-state index is -0.966. The van der Waals surface area contributed by atoms with Gasteiger partial charge in [-0.05, 0) is 6.92 Å². The summed E-state index contributed by atoms with van der Waals surface area (Å²) in [6.07, 6.45) is 1.33. The number of rotatable bonds is 5. The summed E-state index contributed by atoms with van der Waals surface area (Å²) in [4.78, 5) is 36.8. The first-order valence-corrected chi connectivity index (χ1v) is 7.44. The van der Waals surface area contributed by atoms with Crippen LogP contribution in [0.3, 0.4) is 0 Å². The molecule has 0 aliphatic carbocycles. The smallest absolute Gasteiger partial charge is 0.313 e. The molecule has 2 heterocycles. The molecule has 0 unspecified atom stereocenters. The van der Waals surface area contributed by atoms with Crippen LogP contribution in [0.4, 0.5) is 5.13 Å². The highest BCUT2D eigenvalue weighted by atomic mass is 32.2. The summed E-state index contributed by atoms with van der Waals surface area (Å²) >= 11 is 2.04. The number of carboxylic acid groups (broad SMARTS) is 1. The third kappa shape index (κ3) is 4.13. The van der Waals surface area contributed by atoms with Crippen LogP contribution in [0.1, 0.15) is 16.1 Å². The fourth-order valence-corrected chi connectivity index (χ4v) is 2.82. The lowest BCUT2D eigenvalue weighted by molar-refractivity contribution is -0.133. The molecule has 10 heteroatoms. The van der Waals surface area contributed by atoms with E-state index in [4.69, 9.17) is 5.11 Å². The lowest BCUT2D eigenvalue weighted by atomic mass is 10.2. The number of thioether (sulfide) groups is 1. The van der Waals surface area contributed by atoms with E-state index < -0.39 is 17.3 Å². The Labute approximate surface area is 126 Å². The van der Waals surface area contributed by atoms with Gasteiger partial charge in [0.25, 0.3) is 5.91 Å². The first-order valence-electron chi connectivity index (χ1n) is 5.64. The fourth-order valence-electron chi connectivity index (χ4n) is 1.36. The lowest BCUT2D eigenvalue weighted by Crippen LogP contribution is -2.21. The van der Waals surface area contributed by atoms with Crippen molar-refractivity contribution in [2.75, 3.05) is 11.1 Å². The second-order valence-electron chi connectivity index (χ2n) is 3.90. The van der Waals surface area contributed by atoms with Crippen LogP contribution in [0.5, 0.6) is 0 Å². The van der Waals surface area contributed by atoms with E-state index >= 15 is 0 Å². The number of aryl methyl sites for hydroxylation is 1. The lowest BCUT2D eigenvalue weighted by Gasteiger charge is -2.00. The van der Waals surface area contributed by atoms with Gasteiger partial charge in [-0.3, -0.25) is 19.7 Å². The Balaban J connectivity index is 2.06. The van der Waals surface area contributed by atoms with E-state index in [0.29, 0.717) is 10.0 Å². The first-order chi connectivity index (χ1) is 9.95. The van der Waals surface area contributed by atoms with Crippen molar-refractivity contribution >= 4 is 40.1 Å². The van der Waals surface area contributed by atoms with E-state index in [2.05, 4.69) is 20.5 Å². The van der Waals surface area contributed by atoms with Crippen molar-refractivity contribution in [2.45, 2.75) is 11.3 Å². The zero-order valence-corrected chi connectivity index (χ0v) is 12.4. The van der Waals surface area contributed by atoms with Crippen molar-refractivity contribution in [2.24, 2.45) is 0 Å². The standard InChI is InChI=1S/C11H10N4O4S2/c1-5-2-7(16)6(3-12-5)9(19)13-10-14-15-11(21-10)20-4-8(17)18/h2-3H,4H2,1H3,(H,12,16)(H,17,18)(H,13,14,19). The molecule has 0 aliphatic rings. The van der Waals surface area contributed by atoms with Crippen molar-refractivity contribution in [3.8, 4) is 0 Å². The van der Waals surface area contributed by atoms with Gasteiger partial charge in [0, 0.05) is 18.0 Å². The molecule has 2 aromatic rings. The third-order valence-electron chi connectivity index (χ3n) is 2.25. The molecule has 1 amide bonds. The number of amides is 1. The highest BCUT2D eigenvalue weighted by molar-refractivity contribution is 8.01. The van der Waals surface area contributed by atoms with E-state index in [1.54, 1.807) is 6.92 Å². The second kappa shape index (κ2) is 6.50. The van der Waals surface area contributed by atoms with Crippen molar-refractivity contribution in [3.05, 3.63) is 33.7 Å². The minimum absolute atomic E-state index is 0.0319. The topological polar surface area (TPSA) is 125 Å². The number of pyridine rings is 1. The molecule has 110 valence electrons. The monoisotopic (exact) mass is 326 g/mol. The van der Waals surface area contributed by atoms with Crippen LogP contribution in [0, 0.1) is 6.92 Å². The van der Waals surface area contributed by atoms with Gasteiger partial charge >= 0.3 is 5.97 Å². The molecular formula is C11H10N4O4S2. The SMILES string of the molecule is Cc1cc(=O)c(C(=O)Nc2nnc(SCC(=O)O)s2)c[nH]1. The largest absolute Gasteiger partial charge is 0.481 e. The number of aromatic amines is 1. The molecule has 0 atom stereocenters. The molecule has 0 fully saturated rings. The average Bonchev–Trinajstić information content (AvgIpc) is 2.83. The zero-order chi connectivity index (χ0) is 15.4. The number of H-pyrrole nitrogens is 1. The maximum Gasteiger partial charge on any atom is 0.313 e. The molecule has 3 N–H and O–H groups in total. The summed E-state index contributed by atoms with van der Waals surface area (Å²) < 4.78 is 0.422. The Bertz CT molecular complexity index is 740. The Morgan fingerprint density at radius 1 is 1.48 bits per heavy atom. The van der Waals surface area contributed by atoms with Gasteiger partial charge in [0.1, 0.15) is 5.56 Å². The number of nitrogens with one attached hydrogen (secondary N) is 2. The van der Waals surface area contributed by atoms with Crippen LogP contribution in [-0.4, -0.2) is 37.9 Å². The summed E-state index contributed by atoms with van der Waals surface area (Å²) in [6.45, 7) is 1.71. The average molecular weight is 326 g/mol. The first kappa shape index (κ1) is 15.2. The van der Waals surface area contributed by atoms with Gasteiger partial charge in [0.15, 0.2) is 9.77 Å². The van der Waals surface area contributed by atoms with Crippen LogP contribution >= 0.6 is 23.1 Å². The van der Waals surface area contributed by atoms with E-state index in [1.807, 2.05) is 0 Å². The number of anilines is 1. The number of nitrogens with zero attached hydrogens (tertiary/aromatic N) is 2. The van der Waals surface area contributed by atoms with E-state index in [0.717, 1.165) is 23.1 Å². The number of aliphatic carboxylic acids is 1. The summed E-state index contributed by atoms with van der Waals surface area (Å²) in [7, 11) is 0. The van der Waals surface area contributed by atoms with Gasteiger partial charge in [-0.2, -0.15) is 0 Å². The molecular weight excluding hydrogens is 316 g/mol. The Hall–Kier alpha value is -2.20. The molecule has 8 nitrogen and oxygen atoms in total. The van der Waals surface area contributed by atoms with Crippen LogP contribution in [0.25, 0.3) is 0 Å². The number of carbonyl (C=O) groups excluding carboxylic acids is 1. The summed E-state index contributed by atoms with van der Waals surface area (Å²) in [5.74, 6) is -1.70. The summed E-state index contributed by atoms with van der Waals surface area (Å²) in [6, 6.07) is 1.32. The predicted octanol–water partition coefficient (Wildman–Crippen LogP) is 0.964. The fraction of sp³-hybridized carbons (Fsp3) is 0.182. The van der Waals surface area contributed by atoms with E-state index in [9.17, 15) is 14.4 Å². The van der Waals surface area contributed by atoms with Gasteiger partial charge in [0.2, 0.25) is 5.13 Å². The van der Waals surface area contributed by atoms with Crippen molar-refractivity contribution < 1.29 is 14.7 Å². The Morgan fingerprint density at radius 2 is 2.24 bits per heavy atom. The quantitative estimate of drug-likeness (QED) is 0.552. The number of aromatic nitrogens is 3. The van der Waals surface area contributed by atoms with Crippen LogP contribution in [0.15, 0.2) is 21.4 Å². The number of hydrogen-bond donors (Lipinski definition) is 3. The molecule has 0 aliphatic heterocycles. The van der Waals surface area contributed by atoms with E-state index in [1.165, 1.54) is 12.3 Å². The van der Waals surface area contributed by atoms with Crippen LogP contribution < -0.4 is 10.7 Å². The summed E-state index contributed by atoms with van der Waals surface area (Å²) in [5.41, 5.74) is 0.226. The van der Waals surface area contributed by atoms with Crippen molar-refractivity contribution in [1.29, 1.82) is 0 Å². The number of carbonyl (C=O) groups is 2. The van der Waals surface area contributed by atoms with E-state index in [-0.39, 0.29) is 16.4 Å². The number of hydrogen-bond acceptors (Lipinski definition) is 7. The second-order valence-corrected chi connectivity index (χ2v) is 6.10. The number of carboxylic acids is 1. The highest BCUT2D eigenvalue weighted by Crippen LogP contribution is 2.25. The van der Waals surface area contributed by atoms with Gasteiger partial charge < -0.3 is 10.1 Å². The molecule has 0 saturated heterocycles. The van der Waals surface area contributed by atoms with Crippen LogP contribution in [0.2, 0.25) is 0 Å². The summed E-state index contributed by atoms with van der Waals surface area (Å²) in [5, 5.41) is 18.7. The van der Waals surface area contributed by atoms with Gasteiger partial charge in [-0.15, -0.1) is 10.2 Å². The van der Waals surface area contributed by atoms with Gasteiger partial charge in [0.05, 0.1) is 5.75 Å². The maximum atomic E-state index is 11.9. The molecule has 0 radical (unpaired) electrons. The molecule has 2 rings (SSSR count). The molecule has 2 aromatic heterocycles. The molecule has 21 heavy (non-hydrogen) atoms. The Kier molecular flexibility index (Phi) is 4.70. The molecule has 0 saturated carbocycles. The van der Waals surface area contributed by atoms with Crippen molar-refractivity contribution in [1.82, 2.24) is 15.2 Å². The normalized spacial score (nSPS) is 10.3. The van der Waals surface area contributed by atoms with Crippen LogP contribution in [-0.2, 0) is 4.79 Å². The zero-order valence-electron chi connectivity index (χ0n) is 10.7. The molecule has 0 aromatic carbocycles. The third-order valence-corrected chi connectivity index (χ3v) is 4.20.